The first-order valence-corrected chi connectivity index (χ1v) is 9.27. The molecule has 8 heteroatoms. The van der Waals surface area contributed by atoms with Gasteiger partial charge in [-0.15, -0.1) is 11.3 Å². The van der Waals surface area contributed by atoms with Gasteiger partial charge in [-0.1, -0.05) is 6.92 Å². The molecule has 122 valence electrons. The molecule has 0 atom stereocenters. The van der Waals surface area contributed by atoms with Crippen LogP contribution in [0, 0.1) is 0 Å². The molecule has 0 fully saturated rings. The van der Waals surface area contributed by atoms with Crippen molar-refractivity contribution >= 4 is 38.7 Å². The van der Waals surface area contributed by atoms with Crippen molar-refractivity contribution in [2.75, 3.05) is 18.2 Å². The van der Waals surface area contributed by atoms with E-state index in [9.17, 15) is 18.0 Å². The summed E-state index contributed by atoms with van der Waals surface area (Å²) < 4.78 is 28.1. The van der Waals surface area contributed by atoms with Gasteiger partial charge in [0.05, 0.1) is 29.0 Å². The maximum absolute atomic E-state index is 12.2. The zero-order valence-corrected chi connectivity index (χ0v) is 14.2. The fourth-order valence-corrected chi connectivity index (χ4v) is 3.47. The van der Waals surface area contributed by atoms with E-state index in [1.54, 1.807) is 17.7 Å². The molecule has 1 amide bonds. The maximum atomic E-state index is 12.2. The van der Waals surface area contributed by atoms with Gasteiger partial charge in [0.25, 0.3) is 5.91 Å². The van der Waals surface area contributed by atoms with E-state index in [0.717, 1.165) is 0 Å². The number of sulfone groups is 1. The van der Waals surface area contributed by atoms with Crippen LogP contribution in [0.1, 0.15) is 27.6 Å². The summed E-state index contributed by atoms with van der Waals surface area (Å²) in [5.41, 5.74) is 0.926. The molecule has 0 radical (unpaired) electrons. The van der Waals surface area contributed by atoms with Crippen LogP contribution in [0.2, 0.25) is 0 Å². The first-order chi connectivity index (χ1) is 10.9. The summed E-state index contributed by atoms with van der Waals surface area (Å²) in [4.78, 5) is 23.9. The molecule has 1 N–H and O–H groups in total. The lowest BCUT2D eigenvalue weighted by Gasteiger charge is -2.07. The molecule has 2 aromatic rings. The largest absolute Gasteiger partial charge is 0.465 e. The molecule has 0 aliphatic carbocycles. The monoisotopic (exact) mass is 353 g/mol. The van der Waals surface area contributed by atoms with Crippen molar-refractivity contribution in [1.82, 2.24) is 0 Å². The number of ether oxygens (including phenoxy) is 1. The van der Waals surface area contributed by atoms with Crippen molar-refractivity contribution in [2.24, 2.45) is 0 Å². The summed E-state index contributed by atoms with van der Waals surface area (Å²) in [6.07, 6.45) is 0. The highest BCUT2D eigenvalue weighted by atomic mass is 32.2. The van der Waals surface area contributed by atoms with E-state index in [4.69, 9.17) is 0 Å². The van der Waals surface area contributed by atoms with Crippen molar-refractivity contribution in [3.05, 3.63) is 46.2 Å². The van der Waals surface area contributed by atoms with Gasteiger partial charge in [-0.25, -0.2) is 13.2 Å². The Hall–Kier alpha value is -2.19. The van der Waals surface area contributed by atoms with Crippen LogP contribution in [-0.4, -0.2) is 33.2 Å². The number of amides is 1. The minimum atomic E-state index is -3.30. The zero-order valence-electron chi connectivity index (χ0n) is 12.5. The average molecular weight is 353 g/mol. The highest BCUT2D eigenvalue weighted by molar-refractivity contribution is 7.91. The summed E-state index contributed by atoms with van der Waals surface area (Å²) in [5.74, 6) is -0.976. The van der Waals surface area contributed by atoms with Crippen LogP contribution in [0.15, 0.2) is 39.9 Å². The van der Waals surface area contributed by atoms with Crippen LogP contribution in [0.3, 0.4) is 0 Å². The molecule has 1 heterocycles. The van der Waals surface area contributed by atoms with Crippen LogP contribution >= 0.6 is 11.3 Å². The molecule has 0 saturated carbocycles. The number of thiophene rings is 1. The summed E-state index contributed by atoms with van der Waals surface area (Å²) in [5, 5.41) is 5.82. The Kier molecular flexibility index (Phi) is 5.17. The maximum Gasteiger partial charge on any atom is 0.340 e. The Labute approximate surface area is 138 Å². The van der Waals surface area contributed by atoms with Gasteiger partial charge in [-0.3, -0.25) is 4.79 Å². The Balaban J connectivity index is 2.19. The second kappa shape index (κ2) is 6.93. The normalized spacial score (nSPS) is 11.0. The fraction of sp³-hybridized carbons (Fsp3) is 0.200. The van der Waals surface area contributed by atoms with Crippen LogP contribution in [0.5, 0.6) is 0 Å². The first kappa shape index (κ1) is 17.2. The van der Waals surface area contributed by atoms with Crippen molar-refractivity contribution in [3.63, 3.8) is 0 Å². The van der Waals surface area contributed by atoms with E-state index >= 15 is 0 Å². The molecule has 6 nitrogen and oxygen atoms in total. The van der Waals surface area contributed by atoms with E-state index < -0.39 is 21.7 Å². The summed E-state index contributed by atoms with van der Waals surface area (Å²) in [6.45, 7) is 1.56. The SMILES string of the molecule is CCS(=O)(=O)c1ccc(C(=O)Nc2cscc2C(=O)OC)cc1. The van der Waals surface area contributed by atoms with Gasteiger partial charge in [0.2, 0.25) is 0 Å². The van der Waals surface area contributed by atoms with Gasteiger partial charge in [0.15, 0.2) is 9.84 Å². The fourth-order valence-electron chi connectivity index (χ4n) is 1.84. The van der Waals surface area contributed by atoms with E-state index in [1.807, 2.05) is 0 Å². The van der Waals surface area contributed by atoms with E-state index in [0.29, 0.717) is 11.3 Å². The minimum Gasteiger partial charge on any atom is -0.465 e. The Morgan fingerprint density at radius 2 is 1.83 bits per heavy atom. The van der Waals surface area contributed by atoms with Crippen LogP contribution in [0.25, 0.3) is 0 Å². The van der Waals surface area contributed by atoms with Crippen molar-refractivity contribution < 1.29 is 22.7 Å². The first-order valence-electron chi connectivity index (χ1n) is 6.67. The lowest BCUT2D eigenvalue weighted by atomic mass is 10.2. The number of hydrogen-bond donors (Lipinski definition) is 1. The van der Waals surface area contributed by atoms with Crippen molar-refractivity contribution in [3.8, 4) is 0 Å². The molecule has 0 unspecified atom stereocenters. The standard InChI is InChI=1S/C15H15NO5S2/c1-3-23(19,20)11-6-4-10(5-7-11)14(17)16-13-9-22-8-12(13)15(18)21-2/h4-9H,3H2,1-2H3,(H,16,17). The van der Waals surface area contributed by atoms with Gasteiger partial charge < -0.3 is 10.1 Å². The van der Waals surface area contributed by atoms with Gasteiger partial charge in [-0.2, -0.15) is 0 Å². The smallest absolute Gasteiger partial charge is 0.340 e. The predicted octanol–water partition coefficient (Wildman–Crippen LogP) is 2.58. The number of anilines is 1. The van der Waals surface area contributed by atoms with Crippen molar-refractivity contribution in [1.29, 1.82) is 0 Å². The molecule has 0 spiro atoms. The lowest BCUT2D eigenvalue weighted by Crippen LogP contribution is -2.14. The van der Waals surface area contributed by atoms with E-state index in [2.05, 4.69) is 10.1 Å². The molecule has 0 aliphatic rings. The molecule has 0 bridgehead atoms. The molecule has 1 aromatic carbocycles. The van der Waals surface area contributed by atoms with E-state index in [1.165, 1.54) is 42.7 Å². The number of rotatable bonds is 5. The number of methoxy groups -OCH3 is 1. The van der Waals surface area contributed by atoms with Gasteiger partial charge >= 0.3 is 5.97 Å². The molecule has 2 rings (SSSR count). The van der Waals surface area contributed by atoms with Gasteiger partial charge in [0, 0.05) is 16.3 Å². The Morgan fingerprint density at radius 1 is 1.17 bits per heavy atom. The minimum absolute atomic E-state index is 0.00403. The third-order valence-electron chi connectivity index (χ3n) is 3.17. The average Bonchev–Trinajstić information content (AvgIpc) is 3.02. The second-order valence-electron chi connectivity index (χ2n) is 4.57. The number of carbonyl (C=O) groups excluding carboxylic acids is 2. The topological polar surface area (TPSA) is 89.5 Å². The third-order valence-corrected chi connectivity index (χ3v) is 5.67. The molecular weight excluding hydrogens is 338 g/mol. The quantitative estimate of drug-likeness (QED) is 0.835. The Morgan fingerprint density at radius 3 is 2.39 bits per heavy atom. The summed E-state index contributed by atoms with van der Waals surface area (Å²) >= 11 is 1.26. The highest BCUT2D eigenvalue weighted by Crippen LogP contribution is 2.22. The van der Waals surface area contributed by atoms with Crippen LogP contribution < -0.4 is 5.32 Å². The highest BCUT2D eigenvalue weighted by Gasteiger charge is 2.17. The molecule has 1 aromatic heterocycles. The van der Waals surface area contributed by atoms with E-state index in [-0.39, 0.29) is 16.2 Å². The van der Waals surface area contributed by atoms with Crippen LogP contribution in [0.4, 0.5) is 5.69 Å². The molecule has 0 saturated heterocycles. The summed E-state index contributed by atoms with van der Waals surface area (Å²) in [6, 6.07) is 5.65. The Bertz CT molecular complexity index is 822. The number of nitrogens with one attached hydrogen (secondary N) is 1. The second-order valence-corrected chi connectivity index (χ2v) is 7.59. The number of benzene rings is 1. The molecule has 23 heavy (non-hydrogen) atoms. The lowest BCUT2D eigenvalue weighted by molar-refractivity contribution is 0.0602. The number of carbonyl (C=O) groups is 2. The van der Waals surface area contributed by atoms with Crippen molar-refractivity contribution in [2.45, 2.75) is 11.8 Å². The summed E-state index contributed by atoms with van der Waals surface area (Å²) in [7, 11) is -2.04. The van der Waals surface area contributed by atoms with Gasteiger partial charge in [-0.05, 0) is 24.3 Å². The molecule has 0 aliphatic heterocycles. The number of esters is 1. The van der Waals surface area contributed by atoms with Gasteiger partial charge in [0.1, 0.15) is 0 Å². The predicted molar refractivity (Wildman–Crippen MR) is 87.8 cm³/mol. The number of hydrogen-bond acceptors (Lipinski definition) is 6. The molecular formula is C15H15NO5S2. The zero-order chi connectivity index (χ0) is 17.0. The third kappa shape index (κ3) is 3.77. The van der Waals surface area contributed by atoms with Crippen LogP contribution in [-0.2, 0) is 14.6 Å².